The summed E-state index contributed by atoms with van der Waals surface area (Å²) in [6.45, 7) is 0.492. The average Bonchev–Trinajstić information content (AvgIpc) is 3.48. The Hall–Kier alpha value is -8.79. The fraction of sp³-hybridized carbons (Fsp3) is 0.306. The first-order valence-electron chi connectivity index (χ1n) is 25.7. The van der Waals surface area contributed by atoms with E-state index in [1.807, 2.05) is 170 Å². The van der Waals surface area contributed by atoms with Gasteiger partial charge < -0.3 is 28.4 Å². The van der Waals surface area contributed by atoms with Crippen LogP contribution in [0.25, 0.3) is 0 Å². The third-order valence-electron chi connectivity index (χ3n) is 12.1. The van der Waals surface area contributed by atoms with Crippen LogP contribution in [0.1, 0.15) is 97.6 Å². The van der Waals surface area contributed by atoms with Crippen LogP contribution in [-0.2, 0) is 102 Å². The number of hydrogen-bond acceptors (Lipinski definition) is 15. The fourth-order valence-corrected chi connectivity index (χ4v) is 7.69. The Morgan fingerprint density at radius 1 is 0.346 bits per heavy atom. The minimum Gasteiger partial charge on any atom is -0.461 e. The van der Waals surface area contributed by atoms with Gasteiger partial charge in [-0.25, -0.2) is 0 Å². The Balaban J connectivity index is 0.000000288. The maximum absolute atomic E-state index is 13.0. The smallest absolute Gasteiger partial charge is 0.309 e. The lowest BCUT2D eigenvalue weighted by Gasteiger charge is -2.18. The normalized spacial score (nSPS) is 11.7. The summed E-state index contributed by atoms with van der Waals surface area (Å²) in [6.07, 6.45) is -0.776. The van der Waals surface area contributed by atoms with Gasteiger partial charge in [-0.15, -0.1) is 0 Å². The third-order valence-corrected chi connectivity index (χ3v) is 12.1. The van der Waals surface area contributed by atoms with Crippen molar-refractivity contribution in [1.82, 2.24) is 0 Å². The SMILES string of the molecule is O=C(CCC(=O)OCc1ccccc1)CC(CCC(=O)OCc1ccccc1)C(=O)OCc1ccccc1.O=C(CCC(CC(CCC(=O)OCc1ccccc1)[N+](=O)[O-])C(=O)OCc1ccccc1)OCc1ccccc1. The number of Topliss-reactive ketones (excluding diaryl/α,β-unsaturated/α-hetero) is 1. The number of rotatable bonds is 31. The van der Waals surface area contributed by atoms with E-state index >= 15 is 0 Å². The van der Waals surface area contributed by atoms with Gasteiger partial charge in [0.25, 0.3) is 0 Å². The molecule has 0 bridgehead atoms. The molecule has 6 aromatic carbocycles. The predicted molar refractivity (Wildman–Crippen MR) is 286 cm³/mol. The number of ketones is 1. The van der Waals surface area contributed by atoms with E-state index in [-0.39, 0.29) is 110 Å². The maximum atomic E-state index is 13.0. The Bertz CT molecular complexity index is 2760. The molecule has 3 unspecified atom stereocenters. The van der Waals surface area contributed by atoms with Gasteiger partial charge in [-0.3, -0.25) is 43.7 Å². The Morgan fingerprint density at radius 3 is 0.936 bits per heavy atom. The van der Waals surface area contributed by atoms with Gasteiger partial charge in [0.1, 0.15) is 45.4 Å². The highest BCUT2D eigenvalue weighted by Crippen LogP contribution is 2.23. The summed E-state index contributed by atoms with van der Waals surface area (Å²) in [5.74, 6) is -5.28. The van der Waals surface area contributed by atoms with Crippen molar-refractivity contribution in [3.05, 3.63) is 225 Å². The van der Waals surface area contributed by atoms with Gasteiger partial charge in [-0.1, -0.05) is 182 Å². The van der Waals surface area contributed by atoms with E-state index < -0.39 is 58.6 Å². The molecule has 6 rings (SSSR count). The van der Waals surface area contributed by atoms with Crippen molar-refractivity contribution in [2.24, 2.45) is 11.8 Å². The number of nitrogens with zero attached hydrogens (tertiary/aromatic N) is 1. The maximum Gasteiger partial charge on any atom is 0.309 e. The first-order chi connectivity index (χ1) is 37.9. The summed E-state index contributed by atoms with van der Waals surface area (Å²) < 4.78 is 31.9. The van der Waals surface area contributed by atoms with E-state index in [4.69, 9.17) is 28.4 Å². The summed E-state index contributed by atoms with van der Waals surface area (Å²) in [4.78, 5) is 98.7. The molecule has 3 atom stereocenters. The minimum absolute atomic E-state index is 0.00354. The predicted octanol–water partition coefficient (Wildman–Crippen LogP) is 10.8. The molecule has 0 aliphatic carbocycles. The molecule has 16 nitrogen and oxygen atoms in total. The van der Waals surface area contributed by atoms with Crippen LogP contribution >= 0.6 is 0 Å². The highest BCUT2D eigenvalue weighted by atomic mass is 16.6. The lowest BCUT2D eigenvalue weighted by atomic mass is 9.93. The van der Waals surface area contributed by atoms with Crippen LogP contribution in [0.15, 0.2) is 182 Å². The number of carbonyl (C=O) groups excluding carboxylic acids is 7. The van der Waals surface area contributed by atoms with Crippen molar-refractivity contribution < 1.29 is 66.9 Å². The molecule has 0 spiro atoms. The van der Waals surface area contributed by atoms with Crippen molar-refractivity contribution in [1.29, 1.82) is 0 Å². The van der Waals surface area contributed by atoms with Gasteiger partial charge in [-0.05, 0) is 46.2 Å². The Labute approximate surface area is 454 Å². The molecule has 0 saturated heterocycles. The molecule has 0 radical (unpaired) electrons. The number of ether oxygens (including phenoxy) is 6. The molecule has 16 heteroatoms. The molecule has 408 valence electrons. The largest absolute Gasteiger partial charge is 0.461 e. The molecule has 0 aromatic heterocycles. The molecule has 0 aliphatic rings. The van der Waals surface area contributed by atoms with E-state index in [0.717, 1.165) is 33.4 Å². The van der Waals surface area contributed by atoms with Crippen LogP contribution in [-0.4, -0.2) is 52.6 Å². The monoisotopic (exact) mass is 1060 g/mol. The number of benzene rings is 6. The number of carbonyl (C=O) groups is 7. The molecule has 0 heterocycles. The highest BCUT2D eigenvalue weighted by molar-refractivity contribution is 5.87. The lowest BCUT2D eigenvalue weighted by Crippen LogP contribution is -2.29. The molecule has 0 N–H and O–H groups in total. The van der Waals surface area contributed by atoms with Crippen LogP contribution in [0.3, 0.4) is 0 Å². The van der Waals surface area contributed by atoms with Crippen molar-refractivity contribution in [3.63, 3.8) is 0 Å². The van der Waals surface area contributed by atoms with Crippen LogP contribution < -0.4 is 0 Å². The van der Waals surface area contributed by atoms with Gasteiger partial charge in [-0.2, -0.15) is 0 Å². The zero-order valence-corrected chi connectivity index (χ0v) is 43.4. The minimum atomic E-state index is -1.20. The highest BCUT2D eigenvalue weighted by Gasteiger charge is 2.32. The van der Waals surface area contributed by atoms with Crippen molar-refractivity contribution in [2.75, 3.05) is 0 Å². The molecule has 0 aliphatic heterocycles. The number of hydrogen-bond donors (Lipinski definition) is 0. The van der Waals surface area contributed by atoms with E-state index in [1.165, 1.54) is 0 Å². The summed E-state index contributed by atoms with van der Waals surface area (Å²) in [5.41, 5.74) is 4.92. The first kappa shape index (κ1) is 60.1. The second kappa shape index (κ2) is 34.7. The molecular formula is C62H65NO15. The zero-order valence-electron chi connectivity index (χ0n) is 43.4. The topological polar surface area (TPSA) is 218 Å². The number of esters is 6. The van der Waals surface area contributed by atoms with Crippen LogP contribution in [0.5, 0.6) is 0 Å². The van der Waals surface area contributed by atoms with Gasteiger partial charge in [0.2, 0.25) is 6.04 Å². The van der Waals surface area contributed by atoms with E-state index in [0.29, 0.717) is 0 Å². The van der Waals surface area contributed by atoms with Crippen molar-refractivity contribution >= 4 is 41.6 Å². The van der Waals surface area contributed by atoms with Gasteiger partial charge in [0.15, 0.2) is 0 Å². The van der Waals surface area contributed by atoms with Crippen molar-refractivity contribution in [3.8, 4) is 0 Å². The Kier molecular flexibility index (Phi) is 26.7. The average molecular weight is 1060 g/mol. The van der Waals surface area contributed by atoms with Gasteiger partial charge in [0.05, 0.1) is 24.7 Å². The van der Waals surface area contributed by atoms with Crippen LogP contribution in [0.4, 0.5) is 0 Å². The summed E-state index contributed by atoms with van der Waals surface area (Å²) in [7, 11) is 0. The van der Waals surface area contributed by atoms with E-state index in [9.17, 15) is 43.7 Å². The molecule has 0 amide bonds. The van der Waals surface area contributed by atoms with Gasteiger partial charge >= 0.3 is 35.8 Å². The van der Waals surface area contributed by atoms with Crippen molar-refractivity contribution in [2.45, 2.75) is 110 Å². The van der Waals surface area contributed by atoms with Crippen LogP contribution in [0, 0.1) is 22.0 Å². The second-order valence-corrected chi connectivity index (χ2v) is 18.2. The molecule has 0 fully saturated rings. The molecule has 0 saturated carbocycles. The first-order valence-corrected chi connectivity index (χ1v) is 25.7. The second-order valence-electron chi connectivity index (χ2n) is 18.2. The van der Waals surface area contributed by atoms with Crippen LogP contribution in [0.2, 0.25) is 0 Å². The fourth-order valence-electron chi connectivity index (χ4n) is 7.69. The quantitative estimate of drug-likeness (QED) is 0.0171. The molecule has 6 aromatic rings. The Morgan fingerprint density at radius 2 is 0.615 bits per heavy atom. The lowest BCUT2D eigenvalue weighted by molar-refractivity contribution is -0.525. The molecule has 78 heavy (non-hydrogen) atoms. The zero-order chi connectivity index (χ0) is 55.6. The summed E-state index contributed by atoms with van der Waals surface area (Å²) >= 11 is 0. The summed E-state index contributed by atoms with van der Waals surface area (Å²) in [6, 6.07) is 53.8. The van der Waals surface area contributed by atoms with E-state index in [2.05, 4.69) is 0 Å². The molecular weight excluding hydrogens is 999 g/mol. The third kappa shape index (κ3) is 24.7. The van der Waals surface area contributed by atoms with E-state index in [1.54, 1.807) is 12.1 Å². The standard InChI is InChI=1S/C31H33NO8.C31H32O7/c33-29(38-21-24-10-4-1-5-11-24)18-16-27(31(35)40-23-26-14-8-3-9-15-26)20-28(32(36)37)17-19-30(34)39-22-25-12-6-2-7-13-25;32-28(17-19-30(34)37-22-25-12-6-2-7-13-25)20-27(31(35)38-23-26-14-8-3-9-15-26)16-18-29(33)36-21-24-10-4-1-5-11-24/h1-15,27-28H,16-23H2;1-15,27H,16-23H2. The van der Waals surface area contributed by atoms with Gasteiger partial charge in [0, 0.05) is 43.4 Å². The summed E-state index contributed by atoms with van der Waals surface area (Å²) in [5, 5.41) is 11.8. The number of nitro groups is 1.